The van der Waals surface area contributed by atoms with Gasteiger partial charge in [-0.2, -0.15) is 0 Å². The number of anilines is 1. The molecule has 1 unspecified atom stereocenters. The molecule has 2 amide bonds. The molecule has 0 spiro atoms. The molecule has 0 heterocycles. The number of rotatable bonds is 7. The van der Waals surface area contributed by atoms with E-state index in [-0.39, 0.29) is 17.9 Å². The first kappa shape index (κ1) is 17.7. The van der Waals surface area contributed by atoms with Crippen LogP contribution in [0.4, 0.5) is 5.69 Å². The van der Waals surface area contributed by atoms with Crippen molar-refractivity contribution in [1.29, 1.82) is 0 Å². The van der Waals surface area contributed by atoms with Crippen LogP contribution in [0.3, 0.4) is 0 Å². The Morgan fingerprint density at radius 2 is 1.62 bits per heavy atom. The summed E-state index contributed by atoms with van der Waals surface area (Å²) in [6.45, 7) is 3.50. The molecule has 0 aliphatic carbocycles. The highest BCUT2D eigenvalue weighted by Gasteiger charge is 2.08. The van der Waals surface area contributed by atoms with E-state index in [0.29, 0.717) is 6.42 Å². The third-order valence-electron chi connectivity index (χ3n) is 3.76. The molecule has 126 valence electrons. The summed E-state index contributed by atoms with van der Waals surface area (Å²) >= 11 is 0. The van der Waals surface area contributed by atoms with Crippen LogP contribution >= 0.6 is 0 Å². The largest absolute Gasteiger partial charge is 0.353 e. The molecule has 4 heteroatoms. The first-order chi connectivity index (χ1) is 11.5. The van der Waals surface area contributed by atoms with Crippen molar-refractivity contribution in [2.75, 3.05) is 5.32 Å². The maximum Gasteiger partial charge on any atom is 0.224 e. The molecule has 1 atom stereocenters. The fraction of sp³-hybridized carbons (Fsp3) is 0.300. The molecule has 0 aliphatic heterocycles. The van der Waals surface area contributed by atoms with E-state index in [9.17, 15) is 9.59 Å². The van der Waals surface area contributed by atoms with Crippen LogP contribution in [0.2, 0.25) is 0 Å². The molecule has 2 rings (SSSR count). The van der Waals surface area contributed by atoms with E-state index in [1.165, 1.54) is 12.5 Å². The number of hydrogen-bond donors (Lipinski definition) is 2. The summed E-state index contributed by atoms with van der Waals surface area (Å²) < 4.78 is 0. The van der Waals surface area contributed by atoms with Crippen LogP contribution in [0, 0.1) is 0 Å². The quantitative estimate of drug-likeness (QED) is 0.821. The van der Waals surface area contributed by atoms with Crippen molar-refractivity contribution in [1.82, 2.24) is 5.32 Å². The van der Waals surface area contributed by atoms with Crippen LogP contribution in [0.25, 0.3) is 0 Å². The molecule has 0 aliphatic rings. The predicted molar refractivity (Wildman–Crippen MR) is 96.8 cm³/mol. The smallest absolute Gasteiger partial charge is 0.224 e. The Morgan fingerprint density at radius 3 is 2.25 bits per heavy atom. The molecule has 0 saturated carbocycles. The zero-order valence-electron chi connectivity index (χ0n) is 14.2. The van der Waals surface area contributed by atoms with Crippen LogP contribution in [-0.4, -0.2) is 17.9 Å². The van der Waals surface area contributed by atoms with Gasteiger partial charge < -0.3 is 10.6 Å². The van der Waals surface area contributed by atoms with Gasteiger partial charge in [0, 0.05) is 18.7 Å². The molecule has 24 heavy (non-hydrogen) atoms. The lowest BCUT2D eigenvalue weighted by atomic mass is 10.1. The summed E-state index contributed by atoms with van der Waals surface area (Å²) in [7, 11) is 0. The van der Waals surface area contributed by atoms with Gasteiger partial charge in [-0.15, -0.1) is 0 Å². The van der Waals surface area contributed by atoms with E-state index in [4.69, 9.17) is 0 Å². The molecule has 0 radical (unpaired) electrons. The van der Waals surface area contributed by atoms with Crippen molar-refractivity contribution in [3.8, 4) is 0 Å². The normalized spacial score (nSPS) is 11.6. The number of carbonyl (C=O) groups excluding carboxylic acids is 2. The zero-order valence-corrected chi connectivity index (χ0v) is 14.2. The molecule has 2 aromatic rings. The molecular weight excluding hydrogens is 300 g/mol. The number of benzene rings is 2. The van der Waals surface area contributed by atoms with Gasteiger partial charge >= 0.3 is 0 Å². The second kappa shape index (κ2) is 8.87. The summed E-state index contributed by atoms with van der Waals surface area (Å²) in [6, 6.07) is 17.7. The number of carbonyl (C=O) groups is 2. The number of nitrogens with one attached hydrogen (secondary N) is 2. The molecular formula is C20H24N2O2. The van der Waals surface area contributed by atoms with Crippen molar-refractivity contribution in [2.24, 2.45) is 0 Å². The average Bonchev–Trinajstić information content (AvgIpc) is 2.55. The third-order valence-corrected chi connectivity index (χ3v) is 3.76. The number of hydrogen-bond acceptors (Lipinski definition) is 2. The summed E-state index contributed by atoms with van der Waals surface area (Å²) in [5, 5.41) is 5.75. The van der Waals surface area contributed by atoms with Crippen LogP contribution in [0.1, 0.15) is 31.4 Å². The van der Waals surface area contributed by atoms with Crippen molar-refractivity contribution in [3.05, 3.63) is 65.7 Å². The molecule has 0 bridgehead atoms. The van der Waals surface area contributed by atoms with Gasteiger partial charge in [-0.3, -0.25) is 9.59 Å². The molecule has 0 fully saturated rings. The Labute approximate surface area is 143 Å². The van der Waals surface area contributed by atoms with E-state index in [2.05, 4.69) is 22.8 Å². The lowest BCUT2D eigenvalue weighted by Gasteiger charge is -2.14. The summed E-state index contributed by atoms with van der Waals surface area (Å²) in [5.41, 5.74) is 2.95. The van der Waals surface area contributed by atoms with Crippen LogP contribution in [0.15, 0.2) is 54.6 Å². The topological polar surface area (TPSA) is 58.2 Å². The fourth-order valence-corrected chi connectivity index (χ4v) is 2.52. The van der Waals surface area contributed by atoms with Gasteiger partial charge in [0.25, 0.3) is 0 Å². The first-order valence-electron chi connectivity index (χ1n) is 8.23. The van der Waals surface area contributed by atoms with Gasteiger partial charge in [0.15, 0.2) is 0 Å². The minimum Gasteiger partial charge on any atom is -0.353 e. The van der Waals surface area contributed by atoms with Crippen LogP contribution in [0.5, 0.6) is 0 Å². The van der Waals surface area contributed by atoms with E-state index in [0.717, 1.165) is 24.1 Å². The van der Waals surface area contributed by atoms with E-state index in [1.54, 1.807) is 0 Å². The lowest BCUT2D eigenvalue weighted by molar-refractivity contribution is -0.121. The van der Waals surface area contributed by atoms with Crippen molar-refractivity contribution in [2.45, 2.75) is 39.2 Å². The highest BCUT2D eigenvalue weighted by atomic mass is 16.2. The first-order valence-corrected chi connectivity index (χ1v) is 8.23. The Morgan fingerprint density at radius 1 is 0.958 bits per heavy atom. The van der Waals surface area contributed by atoms with Gasteiger partial charge in [-0.05, 0) is 43.0 Å². The van der Waals surface area contributed by atoms with E-state index < -0.39 is 0 Å². The van der Waals surface area contributed by atoms with Crippen molar-refractivity contribution < 1.29 is 9.59 Å². The minimum atomic E-state index is -0.104. The second-order valence-electron chi connectivity index (χ2n) is 6.05. The van der Waals surface area contributed by atoms with E-state index in [1.807, 2.05) is 49.4 Å². The maximum absolute atomic E-state index is 12.1. The third kappa shape index (κ3) is 6.24. The Hall–Kier alpha value is -2.62. The summed E-state index contributed by atoms with van der Waals surface area (Å²) in [5.74, 6) is -0.0874. The Balaban J connectivity index is 1.76. The highest BCUT2D eigenvalue weighted by Crippen LogP contribution is 2.10. The van der Waals surface area contributed by atoms with Gasteiger partial charge in [-0.1, -0.05) is 42.5 Å². The van der Waals surface area contributed by atoms with Gasteiger partial charge in [-0.25, -0.2) is 0 Å². The molecule has 0 aromatic heterocycles. The maximum atomic E-state index is 12.1. The van der Waals surface area contributed by atoms with Crippen molar-refractivity contribution in [3.63, 3.8) is 0 Å². The summed E-state index contributed by atoms with van der Waals surface area (Å²) in [6.07, 6.45) is 2.21. The zero-order chi connectivity index (χ0) is 17.4. The lowest BCUT2D eigenvalue weighted by Crippen LogP contribution is -2.34. The molecule has 0 saturated heterocycles. The second-order valence-corrected chi connectivity index (χ2v) is 6.05. The average molecular weight is 324 g/mol. The van der Waals surface area contributed by atoms with Crippen LogP contribution in [-0.2, 0) is 22.4 Å². The fourth-order valence-electron chi connectivity index (χ4n) is 2.52. The molecule has 2 N–H and O–H groups in total. The highest BCUT2D eigenvalue weighted by molar-refractivity contribution is 5.88. The number of amides is 2. The predicted octanol–water partition coefficient (Wildman–Crippen LogP) is 3.33. The van der Waals surface area contributed by atoms with E-state index >= 15 is 0 Å². The molecule has 4 nitrogen and oxygen atoms in total. The van der Waals surface area contributed by atoms with Gasteiger partial charge in [0.1, 0.15) is 0 Å². The van der Waals surface area contributed by atoms with Crippen molar-refractivity contribution >= 4 is 17.5 Å². The summed E-state index contributed by atoms with van der Waals surface area (Å²) in [4.78, 5) is 23.1. The van der Waals surface area contributed by atoms with Gasteiger partial charge in [0.05, 0.1) is 6.42 Å². The standard InChI is InChI=1S/C20H24N2O2/c1-15(8-9-17-6-4-3-5-7-17)21-20(24)14-18-10-12-19(13-11-18)22-16(2)23/h3-7,10-13,15H,8-9,14H2,1-2H3,(H,21,24)(H,22,23). The minimum absolute atomic E-state index is 0.0165. The number of aryl methyl sites for hydroxylation is 1. The Kier molecular flexibility index (Phi) is 6.55. The molecule has 2 aromatic carbocycles. The monoisotopic (exact) mass is 324 g/mol. The Bertz CT molecular complexity index is 666. The SMILES string of the molecule is CC(=O)Nc1ccc(CC(=O)NC(C)CCc2ccccc2)cc1. The van der Waals surface area contributed by atoms with Crippen LogP contribution < -0.4 is 10.6 Å². The van der Waals surface area contributed by atoms with Gasteiger partial charge in [0.2, 0.25) is 11.8 Å².